The number of esters is 1. The van der Waals surface area contributed by atoms with Crippen LogP contribution in [0.2, 0.25) is 0 Å². The summed E-state index contributed by atoms with van der Waals surface area (Å²) in [6.45, 7) is 6.44. The van der Waals surface area contributed by atoms with Crippen LogP contribution >= 0.6 is 0 Å². The van der Waals surface area contributed by atoms with E-state index in [2.05, 4.69) is 26.0 Å². The standard InChI is InChI=1S/C16H18O2/c1-4-18-16(17)14-10-9-12-7-5-6-8-13(12)15(14)11(2)3/h5-11H,4H2,1-3H3. The molecule has 0 heterocycles. The largest absolute Gasteiger partial charge is 0.462 e. The molecule has 0 saturated carbocycles. The zero-order valence-corrected chi connectivity index (χ0v) is 11.1. The number of ether oxygens (including phenoxy) is 1. The van der Waals surface area contributed by atoms with Crippen molar-refractivity contribution in [1.82, 2.24) is 0 Å². The maximum absolute atomic E-state index is 12.0. The molecule has 2 rings (SSSR count). The van der Waals surface area contributed by atoms with Crippen LogP contribution in [-0.2, 0) is 4.74 Å². The normalized spacial score (nSPS) is 10.9. The molecule has 0 atom stereocenters. The summed E-state index contributed by atoms with van der Waals surface area (Å²) in [6, 6.07) is 12.0. The van der Waals surface area contributed by atoms with E-state index in [4.69, 9.17) is 4.74 Å². The summed E-state index contributed by atoms with van der Waals surface area (Å²) in [4.78, 5) is 12.0. The second-order valence-electron chi connectivity index (χ2n) is 4.62. The van der Waals surface area contributed by atoms with E-state index in [0.29, 0.717) is 12.2 Å². The smallest absolute Gasteiger partial charge is 0.338 e. The van der Waals surface area contributed by atoms with Gasteiger partial charge in [-0.15, -0.1) is 0 Å². The van der Waals surface area contributed by atoms with Crippen LogP contribution in [0.15, 0.2) is 36.4 Å². The van der Waals surface area contributed by atoms with Gasteiger partial charge < -0.3 is 4.74 Å². The third-order valence-corrected chi connectivity index (χ3v) is 3.04. The van der Waals surface area contributed by atoms with E-state index in [1.807, 2.05) is 31.2 Å². The van der Waals surface area contributed by atoms with Gasteiger partial charge in [0.2, 0.25) is 0 Å². The fourth-order valence-corrected chi connectivity index (χ4v) is 2.30. The van der Waals surface area contributed by atoms with Crippen LogP contribution in [0.4, 0.5) is 0 Å². The molecule has 18 heavy (non-hydrogen) atoms. The van der Waals surface area contributed by atoms with Gasteiger partial charge in [-0.2, -0.15) is 0 Å². The molecule has 94 valence electrons. The van der Waals surface area contributed by atoms with Crippen molar-refractivity contribution in [3.63, 3.8) is 0 Å². The van der Waals surface area contributed by atoms with Crippen molar-refractivity contribution in [1.29, 1.82) is 0 Å². The van der Waals surface area contributed by atoms with Crippen LogP contribution in [-0.4, -0.2) is 12.6 Å². The SMILES string of the molecule is CCOC(=O)c1ccc2ccccc2c1C(C)C. The highest BCUT2D eigenvalue weighted by atomic mass is 16.5. The van der Waals surface area contributed by atoms with Gasteiger partial charge in [0.05, 0.1) is 12.2 Å². The Balaban J connectivity index is 2.66. The number of benzene rings is 2. The molecule has 0 aromatic heterocycles. The second kappa shape index (κ2) is 5.21. The van der Waals surface area contributed by atoms with Crippen LogP contribution in [0.3, 0.4) is 0 Å². The first-order chi connectivity index (χ1) is 8.65. The molecule has 2 aromatic carbocycles. The summed E-state index contributed by atoms with van der Waals surface area (Å²) in [5.74, 6) is 0.0578. The Labute approximate surface area is 108 Å². The van der Waals surface area contributed by atoms with Crippen molar-refractivity contribution in [3.05, 3.63) is 47.5 Å². The van der Waals surface area contributed by atoms with Crippen molar-refractivity contribution in [2.45, 2.75) is 26.7 Å². The summed E-state index contributed by atoms with van der Waals surface area (Å²) >= 11 is 0. The summed E-state index contributed by atoms with van der Waals surface area (Å²) in [7, 11) is 0. The molecule has 0 aliphatic carbocycles. The first-order valence-electron chi connectivity index (χ1n) is 6.34. The molecule has 0 radical (unpaired) electrons. The number of rotatable bonds is 3. The highest BCUT2D eigenvalue weighted by Crippen LogP contribution is 2.29. The van der Waals surface area contributed by atoms with E-state index in [0.717, 1.165) is 16.3 Å². The quantitative estimate of drug-likeness (QED) is 0.756. The van der Waals surface area contributed by atoms with Gasteiger partial charge in [0.15, 0.2) is 0 Å². The molecule has 2 nitrogen and oxygen atoms in total. The average Bonchev–Trinajstić information content (AvgIpc) is 2.37. The number of fused-ring (bicyclic) bond motifs is 1. The van der Waals surface area contributed by atoms with Crippen LogP contribution < -0.4 is 0 Å². The van der Waals surface area contributed by atoms with Crippen molar-refractivity contribution in [2.75, 3.05) is 6.61 Å². The zero-order chi connectivity index (χ0) is 13.1. The van der Waals surface area contributed by atoms with Gasteiger partial charge in [0.25, 0.3) is 0 Å². The molecule has 0 fully saturated rings. The Morgan fingerprint density at radius 2 is 1.89 bits per heavy atom. The molecule has 0 N–H and O–H groups in total. The molecular formula is C16H18O2. The fourth-order valence-electron chi connectivity index (χ4n) is 2.30. The summed E-state index contributed by atoms with van der Waals surface area (Å²) in [5, 5.41) is 2.30. The number of carbonyl (C=O) groups excluding carboxylic acids is 1. The van der Waals surface area contributed by atoms with E-state index >= 15 is 0 Å². The second-order valence-corrected chi connectivity index (χ2v) is 4.62. The Morgan fingerprint density at radius 1 is 1.17 bits per heavy atom. The first-order valence-corrected chi connectivity index (χ1v) is 6.34. The Bertz CT molecular complexity index is 570. The fraction of sp³-hybridized carbons (Fsp3) is 0.312. The highest BCUT2D eigenvalue weighted by Gasteiger charge is 2.17. The van der Waals surface area contributed by atoms with Crippen molar-refractivity contribution in [2.24, 2.45) is 0 Å². The number of carbonyl (C=O) groups is 1. The molecule has 0 bridgehead atoms. The third kappa shape index (κ3) is 2.23. The van der Waals surface area contributed by atoms with Gasteiger partial charge in [0.1, 0.15) is 0 Å². The minimum absolute atomic E-state index is 0.230. The van der Waals surface area contributed by atoms with Gasteiger partial charge in [-0.05, 0) is 35.2 Å². The molecule has 0 saturated heterocycles. The van der Waals surface area contributed by atoms with Gasteiger partial charge in [0, 0.05) is 0 Å². The van der Waals surface area contributed by atoms with Crippen LogP contribution in [0.25, 0.3) is 10.8 Å². The molecule has 0 spiro atoms. The lowest BCUT2D eigenvalue weighted by Gasteiger charge is -2.15. The maximum atomic E-state index is 12.0. The molecule has 0 aliphatic heterocycles. The topological polar surface area (TPSA) is 26.3 Å². The van der Waals surface area contributed by atoms with E-state index in [9.17, 15) is 4.79 Å². The van der Waals surface area contributed by atoms with Crippen LogP contribution in [0.5, 0.6) is 0 Å². The predicted octanol–water partition coefficient (Wildman–Crippen LogP) is 4.14. The summed E-state index contributed by atoms with van der Waals surface area (Å²) in [6.07, 6.45) is 0. The lowest BCUT2D eigenvalue weighted by molar-refractivity contribution is 0.0525. The average molecular weight is 242 g/mol. The van der Waals surface area contributed by atoms with Gasteiger partial charge >= 0.3 is 5.97 Å². The minimum Gasteiger partial charge on any atom is -0.462 e. The van der Waals surface area contributed by atoms with E-state index in [1.54, 1.807) is 0 Å². The van der Waals surface area contributed by atoms with E-state index < -0.39 is 0 Å². The van der Waals surface area contributed by atoms with Gasteiger partial charge in [-0.25, -0.2) is 4.79 Å². The van der Waals surface area contributed by atoms with Gasteiger partial charge in [-0.1, -0.05) is 44.2 Å². The third-order valence-electron chi connectivity index (χ3n) is 3.04. The Hall–Kier alpha value is -1.83. The van der Waals surface area contributed by atoms with Crippen molar-refractivity contribution < 1.29 is 9.53 Å². The van der Waals surface area contributed by atoms with Crippen molar-refractivity contribution in [3.8, 4) is 0 Å². The van der Waals surface area contributed by atoms with Gasteiger partial charge in [-0.3, -0.25) is 0 Å². The first kappa shape index (κ1) is 12.6. The minimum atomic E-state index is -0.230. The molecule has 0 unspecified atom stereocenters. The van der Waals surface area contributed by atoms with Crippen LogP contribution in [0.1, 0.15) is 42.6 Å². The molecule has 2 heteroatoms. The molecule has 0 amide bonds. The summed E-state index contributed by atoms with van der Waals surface area (Å²) in [5.41, 5.74) is 1.76. The van der Waals surface area contributed by atoms with Crippen LogP contribution in [0, 0.1) is 0 Å². The number of hydrogen-bond donors (Lipinski definition) is 0. The molecule has 0 aliphatic rings. The van der Waals surface area contributed by atoms with E-state index in [1.165, 1.54) is 0 Å². The zero-order valence-electron chi connectivity index (χ0n) is 11.1. The summed E-state index contributed by atoms with van der Waals surface area (Å²) < 4.78 is 5.13. The Morgan fingerprint density at radius 3 is 2.56 bits per heavy atom. The Kier molecular flexibility index (Phi) is 3.66. The number of hydrogen-bond acceptors (Lipinski definition) is 2. The lowest BCUT2D eigenvalue weighted by Crippen LogP contribution is -2.09. The maximum Gasteiger partial charge on any atom is 0.338 e. The predicted molar refractivity (Wildman–Crippen MR) is 74.0 cm³/mol. The molecule has 2 aromatic rings. The van der Waals surface area contributed by atoms with E-state index in [-0.39, 0.29) is 11.9 Å². The monoisotopic (exact) mass is 242 g/mol. The highest BCUT2D eigenvalue weighted by molar-refractivity contribution is 5.99. The molecular weight excluding hydrogens is 224 g/mol. The lowest BCUT2D eigenvalue weighted by atomic mass is 9.91. The van der Waals surface area contributed by atoms with Crippen molar-refractivity contribution >= 4 is 16.7 Å².